The van der Waals surface area contributed by atoms with Crippen LogP contribution in [0, 0.1) is 0 Å². The first kappa shape index (κ1) is 20.5. The van der Waals surface area contributed by atoms with Gasteiger partial charge >= 0.3 is 109 Å². The van der Waals surface area contributed by atoms with Gasteiger partial charge in [-0.3, -0.25) is 0 Å². The number of nitrogens with one attached hydrogen (secondary N) is 1. The third kappa shape index (κ3) is 5.87. The molecule has 0 spiro atoms. The second-order valence-corrected chi connectivity index (χ2v) is 4.51. The normalized spacial score (nSPS) is 9.81. The Labute approximate surface area is 183 Å². The van der Waals surface area contributed by atoms with Crippen LogP contribution in [-0.4, -0.2) is 122 Å². The number of halogens is 1. The Morgan fingerprint density at radius 1 is 1.19 bits per heavy atom. The van der Waals surface area contributed by atoms with E-state index in [4.69, 9.17) is 16.9 Å². The number of aromatic carboxylic acids is 1. The Balaban J connectivity index is 0. The predicted molar refractivity (Wildman–Crippen MR) is 63.9 cm³/mol. The van der Waals surface area contributed by atoms with E-state index in [1.165, 1.54) is 12.1 Å². The van der Waals surface area contributed by atoms with E-state index in [1.54, 1.807) is 4.24 Å². The van der Waals surface area contributed by atoms with Crippen LogP contribution >= 0.6 is 11.8 Å². The summed E-state index contributed by atoms with van der Waals surface area (Å²) in [7, 11) is -3.72. The summed E-state index contributed by atoms with van der Waals surface area (Å²) < 4.78 is 23.8. The van der Waals surface area contributed by atoms with Crippen molar-refractivity contribution >= 4 is 131 Å². The van der Waals surface area contributed by atoms with E-state index in [0.29, 0.717) is 0 Å². The SMILES string of the molecule is O=C(O)c1ccc(S(=O)(=O)NCl)cc1.[KH].[KH]. The summed E-state index contributed by atoms with van der Waals surface area (Å²) in [4.78, 5) is 10.4. The molecule has 0 radical (unpaired) electrons. The fourth-order valence-electron chi connectivity index (χ4n) is 0.821. The number of carbonyl (C=O) groups is 1. The van der Waals surface area contributed by atoms with Crippen LogP contribution in [0.3, 0.4) is 0 Å². The number of benzene rings is 1. The van der Waals surface area contributed by atoms with E-state index in [1.807, 2.05) is 0 Å². The number of sulfonamides is 1. The van der Waals surface area contributed by atoms with Crippen LogP contribution in [0.25, 0.3) is 0 Å². The van der Waals surface area contributed by atoms with Crippen LogP contribution in [0.2, 0.25) is 0 Å². The van der Waals surface area contributed by atoms with Crippen molar-refractivity contribution < 1.29 is 18.3 Å². The molecule has 9 heteroatoms. The quantitative estimate of drug-likeness (QED) is 0.583. The van der Waals surface area contributed by atoms with Gasteiger partial charge < -0.3 is 5.11 Å². The summed E-state index contributed by atoms with van der Waals surface area (Å²) in [6.07, 6.45) is 0. The van der Waals surface area contributed by atoms with Gasteiger partial charge in [0.25, 0.3) is 10.0 Å². The minimum atomic E-state index is -3.72. The molecule has 2 N–H and O–H groups in total. The maximum absolute atomic E-state index is 11.1. The minimum absolute atomic E-state index is 0. The molecule has 0 aliphatic heterocycles. The summed E-state index contributed by atoms with van der Waals surface area (Å²) in [6, 6.07) is 4.69. The van der Waals surface area contributed by atoms with Crippen LogP contribution < -0.4 is 4.24 Å². The molecule has 0 aliphatic rings. The Bertz CT molecular complexity index is 448. The summed E-state index contributed by atoms with van der Waals surface area (Å²) in [6.45, 7) is 0. The van der Waals surface area contributed by atoms with Crippen LogP contribution in [0.5, 0.6) is 0 Å². The molecule has 1 rings (SSSR count). The number of rotatable bonds is 3. The number of hydrogen-bond donors (Lipinski definition) is 2. The van der Waals surface area contributed by atoms with Crippen molar-refractivity contribution in [2.24, 2.45) is 0 Å². The molecule has 16 heavy (non-hydrogen) atoms. The molecule has 0 unspecified atom stereocenters. The molecule has 1 aromatic carbocycles. The summed E-state index contributed by atoms with van der Waals surface area (Å²) in [5.74, 6) is -1.12. The second-order valence-electron chi connectivity index (χ2n) is 2.41. The van der Waals surface area contributed by atoms with Crippen molar-refractivity contribution in [3.63, 3.8) is 0 Å². The first-order chi connectivity index (χ1) is 6.47. The third-order valence-corrected chi connectivity index (χ3v) is 3.22. The summed E-state index contributed by atoms with van der Waals surface area (Å²) in [5.41, 5.74) is 0.0125. The molecule has 0 saturated carbocycles. The van der Waals surface area contributed by atoms with Gasteiger partial charge in [0.05, 0.1) is 10.5 Å². The topological polar surface area (TPSA) is 83.5 Å². The Kier molecular flexibility index (Phi) is 11.7. The van der Waals surface area contributed by atoms with Gasteiger partial charge in [-0.25, -0.2) is 13.2 Å². The van der Waals surface area contributed by atoms with Crippen LogP contribution in [0.1, 0.15) is 10.4 Å². The van der Waals surface area contributed by atoms with E-state index in [-0.39, 0.29) is 113 Å². The monoisotopic (exact) mass is 315 g/mol. The van der Waals surface area contributed by atoms with E-state index in [0.717, 1.165) is 12.1 Å². The molecule has 0 amide bonds. The van der Waals surface area contributed by atoms with Crippen molar-refractivity contribution in [2.45, 2.75) is 4.90 Å². The molecular weight excluding hydrogens is 308 g/mol. The van der Waals surface area contributed by atoms with E-state index >= 15 is 0 Å². The van der Waals surface area contributed by atoms with Gasteiger partial charge in [0.1, 0.15) is 0 Å². The molecule has 5 nitrogen and oxygen atoms in total. The third-order valence-electron chi connectivity index (χ3n) is 1.51. The van der Waals surface area contributed by atoms with Crippen LogP contribution in [-0.2, 0) is 10.0 Å². The van der Waals surface area contributed by atoms with Crippen molar-refractivity contribution in [3.8, 4) is 0 Å². The van der Waals surface area contributed by atoms with Gasteiger partial charge in [-0.2, -0.15) is 0 Å². The number of carboxylic acid groups (broad SMARTS) is 1. The molecule has 0 atom stereocenters. The molecule has 80 valence electrons. The van der Waals surface area contributed by atoms with Crippen LogP contribution in [0.4, 0.5) is 0 Å². The molecule has 0 aromatic heterocycles. The molecular formula is C7H8ClK2NO4S. The van der Waals surface area contributed by atoms with Gasteiger partial charge in [0.2, 0.25) is 0 Å². The van der Waals surface area contributed by atoms with Gasteiger partial charge in [-0.1, -0.05) is 0 Å². The van der Waals surface area contributed by atoms with E-state index in [9.17, 15) is 13.2 Å². The average molecular weight is 316 g/mol. The summed E-state index contributed by atoms with van der Waals surface area (Å²) >= 11 is 4.98. The fourth-order valence-corrected chi connectivity index (χ4v) is 1.67. The summed E-state index contributed by atoms with van der Waals surface area (Å²) in [5, 5.41) is 8.54. The number of carboxylic acids is 1. The van der Waals surface area contributed by atoms with Gasteiger partial charge in [-0.15, -0.1) is 4.24 Å². The van der Waals surface area contributed by atoms with Crippen molar-refractivity contribution in [2.75, 3.05) is 0 Å². The van der Waals surface area contributed by atoms with Gasteiger partial charge in [-0.05, 0) is 36.0 Å². The second kappa shape index (κ2) is 9.13. The predicted octanol–water partition coefficient (Wildman–Crippen LogP) is -0.480. The molecule has 0 bridgehead atoms. The Morgan fingerprint density at radius 2 is 1.62 bits per heavy atom. The zero-order chi connectivity index (χ0) is 10.8. The maximum atomic E-state index is 11.1. The van der Waals surface area contributed by atoms with Gasteiger partial charge in [0, 0.05) is 0 Å². The Morgan fingerprint density at radius 3 is 1.94 bits per heavy atom. The molecule has 0 fully saturated rings. The van der Waals surface area contributed by atoms with Gasteiger partial charge in [0.15, 0.2) is 0 Å². The van der Waals surface area contributed by atoms with Crippen LogP contribution in [0.15, 0.2) is 29.2 Å². The zero-order valence-electron chi connectivity index (χ0n) is 6.77. The Hall–Kier alpha value is 2.16. The average Bonchev–Trinajstić information content (AvgIpc) is 2.18. The zero-order valence-corrected chi connectivity index (χ0v) is 8.34. The van der Waals surface area contributed by atoms with Crippen molar-refractivity contribution in [3.05, 3.63) is 29.8 Å². The first-order valence-corrected chi connectivity index (χ1v) is 5.29. The molecule has 0 aliphatic carbocycles. The van der Waals surface area contributed by atoms with Crippen molar-refractivity contribution in [1.29, 1.82) is 0 Å². The standard InChI is InChI=1S/C7H6ClNO4S.2K.2H/c8-9-14(12,13)6-3-1-5(2-4-6)7(10)11;;;;/h1-4,9H,(H,10,11);;;;. The van der Waals surface area contributed by atoms with Crippen molar-refractivity contribution in [1.82, 2.24) is 4.24 Å². The van der Waals surface area contributed by atoms with E-state index in [2.05, 4.69) is 0 Å². The fraction of sp³-hybridized carbons (Fsp3) is 0. The number of hydrogen-bond acceptors (Lipinski definition) is 3. The molecule has 0 saturated heterocycles. The van der Waals surface area contributed by atoms with E-state index < -0.39 is 16.0 Å². The first-order valence-electron chi connectivity index (χ1n) is 3.43. The molecule has 1 aromatic rings. The molecule has 0 heterocycles.